The van der Waals surface area contributed by atoms with Crippen molar-refractivity contribution in [3.05, 3.63) is 65.7 Å². The molecule has 0 aliphatic heterocycles. The van der Waals surface area contributed by atoms with Crippen LogP contribution in [0.1, 0.15) is 21.5 Å². The number of carbonyl (C=O) groups is 1. The predicted molar refractivity (Wildman–Crippen MR) is 113 cm³/mol. The van der Waals surface area contributed by atoms with Gasteiger partial charge in [0.25, 0.3) is 0 Å². The first-order valence-corrected chi connectivity index (χ1v) is 9.18. The summed E-state index contributed by atoms with van der Waals surface area (Å²) in [5, 5.41) is 0. The van der Waals surface area contributed by atoms with Crippen molar-refractivity contribution in [1.82, 2.24) is 4.90 Å². The second-order valence-corrected chi connectivity index (χ2v) is 6.83. The van der Waals surface area contributed by atoms with Gasteiger partial charge in [0.2, 0.25) is 5.75 Å². The highest BCUT2D eigenvalue weighted by Crippen LogP contribution is 2.38. The first-order chi connectivity index (χ1) is 13.8. The van der Waals surface area contributed by atoms with Gasteiger partial charge in [-0.3, -0.25) is 4.90 Å². The van der Waals surface area contributed by atoms with E-state index in [1.807, 2.05) is 50.2 Å². The number of rotatable bonds is 9. The van der Waals surface area contributed by atoms with Crippen molar-refractivity contribution in [3.63, 3.8) is 0 Å². The van der Waals surface area contributed by atoms with E-state index in [1.54, 1.807) is 18.2 Å². The number of aryl methyl sites for hydroxylation is 1. The molecule has 2 aromatic rings. The first-order valence-electron chi connectivity index (χ1n) is 9.18. The zero-order valence-corrected chi connectivity index (χ0v) is 17.9. The van der Waals surface area contributed by atoms with Crippen molar-refractivity contribution in [2.24, 2.45) is 0 Å². The lowest BCUT2D eigenvalue weighted by atomic mass is 9.86. The molecule has 2 aromatic carbocycles. The second kappa shape index (κ2) is 9.47. The number of ether oxygens (including phenoxy) is 4. The lowest BCUT2D eigenvalue weighted by Crippen LogP contribution is -2.44. The number of methoxy groups -OCH3 is 3. The molecule has 0 aromatic heterocycles. The normalized spacial score (nSPS) is 12.8. The first kappa shape index (κ1) is 22.3. The summed E-state index contributed by atoms with van der Waals surface area (Å²) in [5.74, 6) is 0.701. The third-order valence-corrected chi connectivity index (χ3v) is 5.07. The monoisotopic (exact) mass is 399 g/mol. The number of carbonyl (C=O) groups excluding carboxylic acids is 1. The summed E-state index contributed by atoms with van der Waals surface area (Å²) in [7, 11) is 8.37. The fourth-order valence-corrected chi connectivity index (χ4v) is 3.32. The number of hydrogen-bond acceptors (Lipinski definition) is 6. The standard InChI is InChI=1S/C23H29NO5/c1-8-23(24(3)4,18-12-10-9-11-16(18)2)15-29-22(25)17-13-19(26-5)21(28-7)20(14-17)27-6/h8-14H,1,15H2,2-7H3/t23-/m1/s1. The molecule has 6 nitrogen and oxygen atoms in total. The van der Waals surface area contributed by atoms with Gasteiger partial charge in [0.15, 0.2) is 11.5 Å². The van der Waals surface area contributed by atoms with Crippen LogP contribution in [0.25, 0.3) is 0 Å². The lowest BCUT2D eigenvalue weighted by Gasteiger charge is -2.38. The van der Waals surface area contributed by atoms with Crippen LogP contribution in [0, 0.1) is 6.92 Å². The molecule has 0 fully saturated rings. The van der Waals surface area contributed by atoms with Crippen molar-refractivity contribution >= 4 is 5.97 Å². The van der Waals surface area contributed by atoms with Gasteiger partial charge in [-0.25, -0.2) is 4.79 Å². The van der Waals surface area contributed by atoms with E-state index >= 15 is 0 Å². The van der Waals surface area contributed by atoms with Crippen LogP contribution in [0.4, 0.5) is 0 Å². The molecule has 29 heavy (non-hydrogen) atoms. The molecule has 0 bridgehead atoms. The SMILES string of the molecule is C=C[C@@](COC(=O)c1cc(OC)c(OC)c(OC)c1)(c1ccccc1C)N(C)C. The fourth-order valence-electron chi connectivity index (χ4n) is 3.32. The molecule has 2 rings (SSSR count). The van der Waals surface area contributed by atoms with Gasteiger partial charge in [0.1, 0.15) is 6.61 Å². The summed E-state index contributed by atoms with van der Waals surface area (Å²) >= 11 is 0. The van der Waals surface area contributed by atoms with Gasteiger partial charge in [0, 0.05) is 0 Å². The van der Waals surface area contributed by atoms with E-state index in [2.05, 4.69) is 6.58 Å². The van der Waals surface area contributed by atoms with Gasteiger partial charge < -0.3 is 18.9 Å². The molecular weight excluding hydrogens is 370 g/mol. The Morgan fingerprint density at radius 3 is 2.10 bits per heavy atom. The van der Waals surface area contributed by atoms with Crippen LogP contribution in [0.3, 0.4) is 0 Å². The Morgan fingerprint density at radius 1 is 1.07 bits per heavy atom. The van der Waals surface area contributed by atoms with E-state index in [0.717, 1.165) is 11.1 Å². The van der Waals surface area contributed by atoms with E-state index in [4.69, 9.17) is 18.9 Å². The van der Waals surface area contributed by atoms with Crippen molar-refractivity contribution in [1.29, 1.82) is 0 Å². The highest BCUT2D eigenvalue weighted by Gasteiger charge is 2.34. The highest BCUT2D eigenvalue weighted by molar-refractivity contribution is 5.91. The van der Waals surface area contributed by atoms with E-state index in [0.29, 0.717) is 22.8 Å². The predicted octanol–water partition coefficient (Wildman–Crippen LogP) is 3.82. The Balaban J connectivity index is 2.37. The molecule has 0 radical (unpaired) electrons. The lowest BCUT2D eigenvalue weighted by molar-refractivity contribution is 0.0270. The average Bonchev–Trinajstić information content (AvgIpc) is 2.73. The molecular formula is C23H29NO5. The summed E-state index contributed by atoms with van der Waals surface area (Å²) in [6, 6.07) is 11.1. The van der Waals surface area contributed by atoms with Crippen LogP contribution in [0.15, 0.2) is 49.1 Å². The average molecular weight is 399 g/mol. The van der Waals surface area contributed by atoms with Crippen LogP contribution in [-0.2, 0) is 10.3 Å². The maximum Gasteiger partial charge on any atom is 0.338 e. The van der Waals surface area contributed by atoms with Crippen LogP contribution in [0.2, 0.25) is 0 Å². The molecule has 0 N–H and O–H groups in total. The third-order valence-electron chi connectivity index (χ3n) is 5.07. The van der Waals surface area contributed by atoms with Gasteiger partial charge in [-0.05, 0) is 44.3 Å². The van der Waals surface area contributed by atoms with Gasteiger partial charge in [0.05, 0.1) is 32.4 Å². The number of benzene rings is 2. The van der Waals surface area contributed by atoms with E-state index < -0.39 is 11.5 Å². The molecule has 0 unspecified atom stereocenters. The number of esters is 1. The number of hydrogen-bond donors (Lipinski definition) is 0. The Hall–Kier alpha value is -2.99. The molecule has 1 atom stereocenters. The second-order valence-electron chi connectivity index (χ2n) is 6.83. The van der Waals surface area contributed by atoms with Gasteiger partial charge in [-0.2, -0.15) is 0 Å². The van der Waals surface area contributed by atoms with Crippen LogP contribution in [0.5, 0.6) is 17.2 Å². The van der Waals surface area contributed by atoms with Crippen LogP contribution >= 0.6 is 0 Å². The Labute approximate surface area is 172 Å². The van der Waals surface area contributed by atoms with E-state index in [1.165, 1.54) is 21.3 Å². The topological polar surface area (TPSA) is 57.2 Å². The summed E-state index contributed by atoms with van der Waals surface area (Å²) in [4.78, 5) is 14.8. The molecule has 0 spiro atoms. The molecule has 0 aliphatic rings. The minimum Gasteiger partial charge on any atom is -0.493 e. The van der Waals surface area contributed by atoms with Crippen molar-refractivity contribution in [2.45, 2.75) is 12.5 Å². The minimum atomic E-state index is -0.665. The van der Waals surface area contributed by atoms with Crippen molar-refractivity contribution in [2.75, 3.05) is 42.0 Å². The van der Waals surface area contributed by atoms with Gasteiger partial charge in [-0.15, -0.1) is 6.58 Å². The molecule has 0 heterocycles. The Bertz CT molecular complexity index is 852. The summed E-state index contributed by atoms with van der Waals surface area (Å²) in [6.45, 7) is 6.14. The highest BCUT2D eigenvalue weighted by atomic mass is 16.5. The number of nitrogens with zero attached hydrogens (tertiary/aromatic N) is 1. The smallest absolute Gasteiger partial charge is 0.338 e. The van der Waals surface area contributed by atoms with Crippen molar-refractivity contribution in [3.8, 4) is 17.2 Å². The van der Waals surface area contributed by atoms with Gasteiger partial charge >= 0.3 is 5.97 Å². The summed E-state index contributed by atoms with van der Waals surface area (Å²) in [5.41, 5.74) is 1.75. The maximum atomic E-state index is 12.9. The van der Waals surface area contributed by atoms with Crippen molar-refractivity contribution < 1.29 is 23.7 Å². The van der Waals surface area contributed by atoms with E-state index in [-0.39, 0.29) is 6.61 Å². The molecule has 0 amide bonds. The maximum absolute atomic E-state index is 12.9. The largest absolute Gasteiger partial charge is 0.493 e. The summed E-state index contributed by atoms with van der Waals surface area (Å²) in [6.07, 6.45) is 1.80. The fraction of sp³-hybridized carbons (Fsp3) is 0.348. The Morgan fingerprint density at radius 2 is 1.66 bits per heavy atom. The zero-order valence-electron chi connectivity index (χ0n) is 17.9. The molecule has 0 aliphatic carbocycles. The van der Waals surface area contributed by atoms with E-state index in [9.17, 15) is 4.79 Å². The molecule has 0 saturated heterocycles. The quantitative estimate of drug-likeness (QED) is 0.472. The summed E-state index contributed by atoms with van der Waals surface area (Å²) < 4.78 is 21.7. The van der Waals surface area contributed by atoms with Crippen LogP contribution in [-0.4, -0.2) is 52.9 Å². The molecule has 156 valence electrons. The molecule has 0 saturated carbocycles. The minimum absolute atomic E-state index is 0.101. The van der Waals surface area contributed by atoms with Gasteiger partial charge in [-0.1, -0.05) is 30.3 Å². The molecule has 6 heteroatoms. The van der Waals surface area contributed by atoms with Crippen LogP contribution < -0.4 is 14.2 Å². The Kier molecular flexibility index (Phi) is 7.29. The third kappa shape index (κ3) is 4.38. The number of likely N-dealkylation sites (N-methyl/N-ethyl adjacent to an activating group) is 1. The zero-order chi connectivity index (χ0) is 21.6.